The molecule has 0 saturated carbocycles. The van der Waals surface area contributed by atoms with Gasteiger partial charge in [-0.25, -0.2) is 0 Å². The number of rotatable bonds is 4. The van der Waals surface area contributed by atoms with E-state index in [1.54, 1.807) is 6.26 Å². The fourth-order valence-electron chi connectivity index (χ4n) is 5.53. The van der Waals surface area contributed by atoms with E-state index in [2.05, 4.69) is 53.1 Å². The Kier molecular flexibility index (Phi) is 3.97. The highest BCUT2D eigenvalue weighted by Gasteiger charge is 2.64. The van der Waals surface area contributed by atoms with Gasteiger partial charge in [0.25, 0.3) is 0 Å². The van der Waals surface area contributed by atoms with E-state index in [9.17, 15) is 4.79 Å². The second-order valence-electron chi connectivity index (χ2n) is 8.21. The Bertz CT molecular complexity index is 872. The first-order valence-electron chi connectivity index (χ1n) is 10.0. The number of hydrogen-bond donors (Lipinski definition) is 0. The molecule has 1 aromatic heterocycles. The number of carbonyl (C=O) groups excluding carboxylic acids is 1. The molecule has 3 fully saturated rings. The van der Waals surface area contributed by atoms with Crippen LogP contribution in [-0.4, -0.2) is 40.4 Å². The predicted molar refractivity (Wildman–Crippen MR) is 105 cm³/mol. The fraction of sp³-hybridized carbons (Fsp3) is 0.435. The number of likely N-dealkylation sites (tertiary alicyclic amines) is 1. The molecule has 3 aliphatic rings. The van der Waals surface area contributed by atoms with E-state index in [1.807, 2.05) is 12.1 Å². The minimum atomic E-state index is -0.263. The SMILES string of the molecule is Cc1ccccc1CN1C[C@@H]2C[C@@H](/C=C/c3ccco3)N3CCC[C@@]23C1=O. The molecule has 0 bridgehead atoms. The fourth-order valence-corrected chi connectivity index (χ4v) is 5.53. The van der Waals surface area contributed by atoms with Crippen molar-refractivity contribution in [3.05, 3.63) is 65.6 Å². The van der Waals surface area contributed by atoms with Gasteiger partial charge in [0.1, 0.15) is 11.3 Å². The monoisotopic (exact) mass is 362 g/mol. The van der Waals surface area contributed by atoms with E-state index < -0.39 is 0 Å². The van der Waals surface area contributed by atoms with Crippen LogP contribution in [0.15, 0.2) is 53.2 Å². The lowest BCUT2D eigenvalue weighted by molar-refractivity contribution is -0.137. The Morgan fingerprint density at radius 3 is 2.96 bits per heavy atom. The minimum absolute atomic E-state index is 0.263. The van der Waals surface area contributed by atoms with Crippen molar-refractivity contribution >= 4 is 12.0 Å². The summed E-state index contributed by atoms with van der Waals surface area (Å²) in [5.74, 6) is 1.66. The van der Waals surface area contributed by atoms with E-state index in [0.717, 1.165) is 44.7 Å². The van der Waals surface area contributed by atoms with Crippen LogP contribution < -0.4 is 0 Å². The Hall–Kier alpha value is -2.33. The third-order valence-corrected chi connectivity index (χ3v) is 6.82. The maximum atomic E-state index is 13.5. The van der Waals surface area contributed by atoms with Gasteiger partial charge in [0.05, 0.1) is 6.26 Å². The van der Waals surface area contributed by atoms with Crippen molar-refractivity contribution < 1.29 is 9.21 Å². The molecular formula is C23H26N2O2. The molecule has 27 heavy (non-hydrogen) atoms. The normalized spacial score (nSPS) is 30.4. The van der Waals surface area contributed by atoms with Gasteiger partial charge in [-0.1, -0.05) is 30.3 Å². The number of carbonyl (C=O) groups is 1. The molecular weight excluding hydrogens is 336 g/mol. The van der Waals surface area contributed by atoms with Crippen molar-refractivity contribution in [3.8, 4) is 0 Å². The van der Waals surface area contributed by atoms with Crippen LogP contribution in [0.1, 0.15) is 36.1 Å². The Morgan fingerprint density at radius 2 is 2.15 bits per heavy atom. The summed E-state index contributed by atoms with van der Waals surface area (Å²) in [7, 11) is 0. The van der Waals surface area contributed by atoms with Gasteiger partial charge in [-0.3, -0.25) is 9.69 Å². The van der Waals surface area contributed by atoms with Crippen molar-refractivity contribution in [3.63, 3.8) is 0 Å². The van der Waals surface area contributed by atoms with E-state index in [4.69, 9.17) is 4.42 Å². The van der Waals surface area contributed by atoms with Crippen LogP contribution >= 0.6 is 0 Å². The van der Waals surface area contributed by atoms with Crippen LogP contribution in [0.2, 0.25) is 0 Å². The largest absolute Gasteiger partial charge is 0.465 e. The highest BCUT2D eigenvalue weighted by Crippen LogP contribution is 2.52. The Labute approximate surface area is 160 Å². The zero-order valence-electron chi connectivity index (χ0n) is 15.8. The van der Waals surface area contributed by atoms with E-state index in [-0.39, 0.29) is 5.54 Å². The quantitative estimate of drug-likeness (QED) is 0.829. The first-order valence-corrected chi connectivity index (χ1v) is 10.0. The van der Waals surface area contributed by atoms with Crippen LogP contribution in [0.3, 0.4) is 0 Å². The third-order valence-electron chi connectivity index (χ3n) is 6.82. The van der Waals surface area contributed by atoms with Crippen molar-refractivity contribution in [1.82, 2.24) is 9.80 Å². The van der Waals surface area contributed by atoms with Gasteiger partial charge >= 0.3 is 0 Å². The smallest absolute Gasteiger partial charge is 0.243 e. The number of amides is 1. The average molecular weight is 362 g/mol. The number of hydrogen-bond acceptors (Lipinski definition) is 3. The number of benzene rings is 1. The van der Waals surface area contributed by atoms with Crippen molar-refractivity contribution in [2.24, 2.45) is 5.92 Å². The van der Waals surface area contributed by atoms with Crippen LogP contribution in [0.5, 0.6) is 0 Å². The second-order valence-corrected chi connectivity index (χ2v) is 8.21. The summed E-state index contributed by atoms with van der Waals surface area (Å²) in [6.07, 6.45) is 9.19. The van der Waals surface area contributed by atoms with Crippen LogP contribution in [0, 0.1) is 12.8 Å². The average Bonchev–Trinajstić information content (AvgIpc) is 3.41. The molecule has 0 aliphatic carbocycles. The summed E-state index contributed by atoms with van der Waals surface area (Å²) in [5.41, 5.74) is 2.27. The maximum Gasteiger partial charge on any atom is 0.243 e. The third kappa shape index (κ3) is 2.58. The lowest BCUT2D eigenvalue weighted by Crippen LogP contribution is -2.50. The summed E-state index contributed by atoms with van der Waals surface area (Å²) < 4.78 is 5.43. The molecule has 1 aromatic carbocycles. The molecule has 0 N–H and O–H groups in total. The molecule has 4 nitrogen and oxygen atoms in total. The molecule has 140 valence electrons. The van der Waals surface area contributed by atoms with Gasteiger partial charge in [0, 0.05) is 25.0 Å². The number of aryl methyl sites for hydroxylation is 1. The molecule has 5 rings (SSSR count). The van der Waals surface area contributed by atoms with E-state index >= 15 is 0 Å². The van der Waals surface area contributed by atoms with Crippen LogP contribution in [0.25, 0.3) is 6.08 Å². The number of nitrogens with zero attached hydrogens (tertiary/aromatic N) is 2. The van der Waals surface area contributed by atoms with Gasteiger partial charge in [-0.15, -0.1) is 0 Å². The first kappa shape index (κ1) is 16.8. The molecule has 1 amide bonds. The summed E-state index contributed by atoms with van der Waals surface area (Å²) in [5, 5.41) is 0. The van der Waals surface area contributed by atoms with Gasteiger partial charge in [-0.2, -0.15) is 0 Å². The lowest BCUT2D eigenvalue weighted by atomic mass is 9.85. The molecule has 4 heteroatoms. The summed E-state index contributed by atoms with van der Waals surface area (Å²) in [6.45, 7) is 4.78. The number of furan rings is 1. The zero-order chi connectivity index (χ0) is 18.4. The molecule has 3 saturated heterocycles. The van der Waals surface area contributed by atoms with E-state index in [0.29, 0.717) is 17.9 Å². The zero-order valence-corrected chi connectivity index (χ0v) is 15.8. The summed E-state index contributed by atoms with van der Waals surface area (Å²) in [6, 6.07) is 12.6. The van der Waals surface area contributed by atoms with Crippen molar-refractivity contribution in [1.29, 1.82) is 0 Å². The second kappa shape index (κ2) is 6.38. The molecule has 2 aromatic rings. The lowest BCUT2D eigenvalue weighted by Gasteiger charge is -2.32. The maximum absolute atomic E-state index is 13.5. The molecule has 4 heterocycles. The Morgan fingerprint density at radius 1 is 1.26 bits per heavy atom. The highest BCUT2D eigenvalue weighted by atomic mass is 16.3. The summed E-state index contributed by atoms with van der Waals surface area (Å²) in [4.78, 5) is 18.1. The highest BCUT2D eigenvalue weighted by molar-refractivity contribution is 5.90. The topological polar surface area (TPSA) is 36.7 Å². The van der Waals surface area contributed by atoms with Gasteiger partial charge in [0.2, 0.25) is 5.91 Å². The molecule has 3 atom stereocenters. The van der Waals surface area contributed by atoms with Gasteiger partial charge in [-0.05, 0) is 62.1 Å². The predicted octanol–water partition coefficient (Wildman–Crippen LogP) is 3.87. The molecule has 3 aliphatic heterocycles. The minimum Gasteiger partial charge on any atom is -0.465 e. The van der Waals surface area contributed by atoms with Gasteiger partial charge in [0.15, 0.2) is 0 Å². The summed E-state index contributed by atoms with van der Waals surface area (Å²) >= 11 is 0. The Balaban J connectivity index is 1.37. The molecule has 0 unspecified atom stereocenters. The molecule has 1 spiro atoms. The van der Waals surface area contributed by atoms with E-state index in [1.165, 1.54) is 11.1 Å². The van der Waals surface area contributed by atoms with Crippen molar-refractivity contribution in [2.45, 2.75) is 44.3 Å². The molecule has 0 radical (unpaired) electrons. The first-order chi connectivity index (χ1) is 13.2. The standard InChI is InChI=1S/C23H26N2O2/c1-17-6-2-3-7-18(17)15-24-16-19-14-20(9-10-21-8-4-13-27-21)25-12-5-11-23(19,25)22(24)26/h2-4,6-10,13,19-20H,5,11-12,14-16H2,1H3/b10-9+/t19-,20+,23-/m0/s1. The van der Waals surface area contributed by atoms with Gasteiger partial charge < -0.3 is 9.32 Å². The van der Waals surface area contributed by atoms with Crippen LogP contribution in [-0.2, 0) is 11.3 Å². The van der Waals surface area contributed by atoms with Crippen molar-refractivity contribution in [2.75, 3.05) is 13.1 Å². The van der Waals surface area contributed by atoms with Crippen LogP contribution in [0.4, 0.5) is 0 Å².